The summed E-state index contributed by atoms with van der Waals surface area (Å²) >= 11 is 0. The molecule has 0 radical (unpaired) electrons. The van der Waals surface area contributed by atoms with E-state index in [9.17, 15) is 4.79 Å². The molecule has 1 saturated heterocycles. The van der Waals surface area contributed by atoms with Crippen LogP contribution in [-0.4, -0.2) is 40.2 Å². The highest BCUT2D eigenvalue weighted by Gasteiger charge is 2.23. The van der Waals surface area contributed by atoms with Crippen molar-refractivity contribution in [2.75, 3.05) is 19.7 Å². The molecule has 2 aromatic carbocycles. The Hall–Kier alpha value is -3.08. The predicted octanol–water partition coefficient (Wildman–Crippen LogP) is 4.29. The summed E-state index contributed by atoms with van der Waals surface area (Å²) in [6, 6.07) is 16.6. The van der Waals surface area contributed by atoms with E-state index < -0.39 is 0 Å². The molecular formula is C22H23N3O2. The molecule has 138 valence electrons. The summed E-state index contributed by atoms with van der Waals surface area (Å²) in [6.45, 7) is 6.69. The number of hydrogen-bond acceptors (Lipinski definition) is 3. The lowest BCUT2D eigenvalue weighted by molar-refractivity contribution is 0.157. The molecular weight excluding hydrogens is 338 g/mol. The molecule has 4 rings (SSSR count). The number of rotatable bonds is 5. The van der Waals surface area contributed by atoms with E-state index in [0.717, 1.165) is 17.0 Å². The topological polar surface area (TPSA) is 47.4 Å². The van der Waals surface area contributed by atoms with Gasteiger partial charge in [0.15, 0.2) is 0 Å². The third-order valence-corrected chi connectivity index (χ3v) is 5.20. The largest absolute Gasteiger partial charge is 0.448 e. The fraction of sp³-hybridized carbons (Fsp3) is 0.273. The Morgan fingerprint density at radius 2 is 1.85 bits per heavy atom. The molecule has 1 amide bonds. The van der Waals surface area contributed by atoms with Crippen LogP contribution in [0.3, 0.4) is 0 Å². The first-order valence-electron chi connectivity index (χ1n) is 9.24. The summed E-state index contributed by atoms with van der Waals surface area (Å²) < 4.78 is 7.19. The van der Waals surface area contributed by atoms with E-state index in [2.05, 4.69) is 48.7 Å². The van der Waals surface area contributed by atoms with Gasteiger partial charge < -0.3 is 14.2 Å². The summed E-state index contributed by atoms with van der Waals surface area (Å²) in [5.41, 5.74) is 6.82. The molecule has 0 N–H and O–H groups in total. The van der Waals surface area contributed by atoms with Gasteiger partial charge in [0.25, 0.3) is 0 Å². The first kappa shape index (κ1) is 17.3. The number of aromatic nitrogens is 2. The van der Waals surface area contributed by atoms with Crippen LogP contribution in [0.25, 0.3) is 22.5 Å². The van der Waals surface area contributed by atoms with Crippen molar-refractivity contribution in [3.63, 3.8) is 0 Å². The number of aryl methyl sites for hydroxylation is 1. The number of imidazole rings is 1. The number of ether oxygens (including phenoxy) is 1. The van der Waals surface area contributed by atoms with Crippen LogP contribution in [-0.2, 0) is 11.3 Å². The molecule has 0 saturated carbocycles. The summed E-state index contributed by atoms with van der Waals surface area (Å²) in [5.74, 6) is 0. The van der Waals surface area contributed by atoms with Crippen molar-refractivity contribution >= 4 is 6.09 Å². The Kier molecular flexibility index (Phi) is 4.67. The quantitative estimate of drug-likeness (QED) is 0.681. The minimum absolute atomic E-state index is 0.230. The second-order valence-corrected chi connectivity index (χ2v) is 6.85. The number of cyclic esters (lactones) is 1. The van der Waals surface area contributed by atoms with Crippen LogP contribution >= 0.6 is 0 Å². The Bertz CT molecular complexity index is 963. The molecule has 0 bridgehead atoms. The highest BCUT2D eigenvalue weighted by Crippen LogP contribution is 2.34. The van der Waals surface area contributed by atoms with Gasteiger partial charge in [0, 0.05) is 24.2 Å². The van der Waals surface area contributed by atoms with Gasteiger partial charge in [-0.15, -0.1) is 0 Å². The summed E-state index contributed by atoms with van der Waals surface area (Å²) in [4.78, 5) is 18.2. The molecule has 27 heavy (non-hydrogen) atoms. The summed E-state index contributed by atoms with van der Waals surface area (Å²) in [6.07, 6.45) is 1.65. The Morgan fingerprint density at radius 3 is 2.59 bits per heavy atom. The van der Waals surface area contributed by atoms with Crippen molar-refractivity contribution in [1.29, 1.82) is 0 Å². The second kappa shape index (κ2) is 7.27. The van der Waals surface area contributed by atoms with E-state index in [-0.39, 0.29) is 6.09 Å². The zero-order chi connectivity index (χ0) is 18.8. The van der Waals surface area contributed by atoms with Gasteiger partial charge in [-0.25, -0.2) is 9.78 Å². The molecule has 1 fully saturated rings. The van der Waals surface area contributed by atoms with E-state index >= 15 is 0 Å². The highest BCUT2D eigenvalue weighted by molar-refractivity contribution is 5.80. The van der Waals surface area contributed by atoms with Gasteiger partial charge in [0.2, 0.25) is 0 Å². The maximum atomic E-state index is 11.8. The highest BCUT2D eigenvalue weighted by atomic mass is 16.6. The van der Waals surface area contributed by atoms with Crippen molar-refractivity contribution in [3.8, 4) is 22.5 Å². The first-order valence-corrected chi connectivity index (χ1v) is 9.24. The van der Waals surface area contributed by atoms with E-state index in [1.54, 1.807) is 4.90 Å². The van der Waals surface area contributed by atoms with Crippen LogP contribution in [0.4, 0.5) is 4.79 Å². The van der Waals surface area contributed by atoms with Crippen LogP contribution in [0.5, 0.6) is 0 Å². The van der Waals surface area contributed by atoms with Crippen LogP contribution in [0.1, 0.15) is 11.1 Å². The SMILES string of the molecule is Cc1cccc(-c2c(-c3ccccc3)ncn2CCN2CCOC2=O)c1C. The summed E-state index contributed by atoms with van der Waals surface area (Å²) in [7, 11) is 0. The van der Waals surface area contributed by atoms with E-state index in [4.69, 9.17) is 9.72 Å². The van der Waals surface area contributed by atoms with Crippen LogP contribution < -0.4 is 0 Å². The lowest BCUT2D eigenvalue weighted by Crippen LogP contribution is -2.28. The minimum atomic E-state index is -0.230. The molecule has 0 spiro atoms. The number of nitrogens with zero attached hydrogens (tertiary/aromatic N) is 3. The van der Waals surface area contributed by atoms with Crippen molar-refractivity contribution in [3.05, 3.63) is 66.0 Å². The van der Waals surface area contributed by atoms with Crippen molar-refractivity contribution in [2.24, 2.45) is 0 Å². The third-order valence-electron chi connectivity index (χ3n) is 5.20. The van der Waals surface area contributed by atoms with Gasteiger partial charge in [0.1, 0.15) is 6.61 Å². The number of carbonyl (C=O) groups is 1. The maximum Gasteiger partial charge on any atom is 0.410 e. The molecule has 0 unspecified atom stereocenters. The van der Waals surface area contributed by atoms with Gasteiger partial charge in [-0.2, -0.15) is 0 Å². The third kappa shape index (κ3) is 3.33. The van der Waals surface area contributed by atoms with Crippen LogP contribution in [0, 0.1) is 13.8 Å². The fourth-order valence-corrected chi connectivity index (χ4v) is 3.51. The van der Waals surface area contributed by atoms with Crippen molar-refractivity contribution < 1.29 is 9.53 Å². The number of hydrogen-bond donors (Lipinski definition) is 0. The lowest BCUT2D eigenvalue weighted by Gasteiger charge is -2.17. The molecule has 2 heterocycles. The van der Waals surface area contributed by atoms with Crippen LogP contribution in [0.2, 0.25) is 0 Å². The average molecular weight is 361 g/mol. The fourth-order valence-electron chi connectivity index (χ4n) is 3.51. The molecule has 5 heteroatoms. The molecule has 0 atom stereocenters. The standard InChI is InChI=1S/C22H23N3O2/c1-16-7-6-10-19(17(16)2)21-20(18-8-4-3-5-9-18)23-15-25(21)12-11-24-13-14-27-22(24)26/h3-10,15H,11-14H2,1-2H3. The van der Waals surface area contributed by atoms with Gasteiger partial charge in [0.05, 0.1) is 24.3 Å². The van der Waals surface area contributed by atoms with Gasteiger partial charge in [-0.1, -0.05) is 48.5 Å². The first-order chi connectivity index (χ1) is 13.1. The second-order valence-electron chi connectivity index (χ2n) is 6.85. The van der Waals surface area contributed by atoms with Gasteiger partial charge in [-0.05, 0) is 25.0 Å². The summed E-state index contributed by atoms with van der Waals surface area (Å²) in [5, 5.41) is 0. The van der Waals surface area contributed by atoms with Crippen LogP contribution in [0.15, 0.2) is 54.9 Å². The molecule has 0 aliphatic carbocycles. The zero-order valence-corrected chi connectivity index (χ0v) is 15.7. The zero-order valence-electron chi connectivity index (χ0n) is 15.7. The Labute approximate surface area is 159 Å². The number of benzene rings is 2. The van der Waals surface area contributed by atoms with E-state index in [1.807, 2.05) is 24.5 Å². The van der Waals surface area contributed by atoms with Crippen molar-refractivity contribution in [2.45, 2.75) is 20.4 Å². The lowest BCUT2D eigenvalue weighted by atomic mass is 9.97. The van der Waals surface area contributed by atoms with Gasteiger partial charge in [-0.3, -0.25) is 0 Å². The normalized spacial score (nSPS) is 13.9. The molecule has 1 aromatic heterocycles. The Morgan fingerprint density at radius 1 is 1.04 bits per heavy atom. The predicted molar refractivity (Wildman–Crippen MR) is 105 cm³/mol. The molecule has 1 aliphatic rings. The maximum absolute atomic E-state index is 11.8. The molecule has 3 aromatic rings. The Balaban J connectivity index is 1.76. The number of carbonyl (C=O) groups excluding carboxylic acids is 1. The van der Waals surface area contributed by atoms with E-state index in [0.29, 0.717) is 26.2 Å². The monoisotopic (exact) mass is 361 g/mol. The minimum Gasteiger partial charge on any atom is -0.448 e. The van der Waals surface area contributed by atoms with Gasteiger partial charge >= 0.3 is 6.09 Å². The average Bonchev–Trinajstić information content (AvgIpc) is 3.29. The molecule has 1 aliphatic heterocycles. The van der Waals surface area contributed by atoms with E-state index in [1.165, 1.54) is 16.7 Å². The smallest absolute Gasteiger partial charge is 0.410 e. The number of amides is 1. The molecule has 5 nitrogen and oxygen atoms in total. The van der Waals surface area contributed by atoms with Crippen molar-refractivity contribution in [1.82, 2.24) is 14.5 Å².